The number of carbonyl (C=O) groups excluding carboxylic acids is 7. The van der Waals surface area contributed by atoms with E-state index in [-0.39, 0.29) is 49.2 Å². The van der Waals surface area contributed by atoms with Crippen LogP contribution in [0.15, 0.2) is 47.2 Å². The molecule has 52 heavy (non-hydrogen) atoms. The Labute approximate surface area is 301 Å². The minimum atomic E-state index is -0.813. The first-order chi connectivity index (χ1) is 25.0. The number of piperidine rings is 1. The van der Waals surface area contributed by atoms with Gasteiger partial charge in [-0.25, -0.2) is 14.6 Å². The number of rotatable bonds is 3. The zero-order valence-electron chi connectivity index (χ0n) is 29.6. The molecule has 0 spiro atoms. The Bertz CT molecular complexity index is 1550. The van der Waals surface area contributed by atoms with Gasteiger partial charge in [0.15, 0.2) is 0 Å². The maximum atomic E-state index is 13.4. The van der Waals surface area contributed by atoms with E-state index in [1.54, 1.807) is 16.7 Å². The largest absolute Gasteiger partial charge is 0.464 e. The average molecular weight is 725 g/mol. The number of nitrogens with zero attached hydrogens (tertiary/aromatic N) is 4. The summed E-state index contributed by atoms with van der Waals surface area (Å²) < 4.78 is 10.0. The number of hydrogen-bond donors (Lipinski definition) is 4. The van der Waals surface area contributed by atoms with E-state index in [0.29, 0.717) is 45.3 Å². The van der Waals surface area contributed by atoms with Crippen LogP contribution >= 0.6 is 0 Å². The van der Waals surface area contributed by atoms with Crippen molar-refractivity contribution in [2.75, 3.05) is 38.1 Å². The number of nitrogens with one attached hydrogen (secondary N) is 3. The van der Waals surface area contributed by atoms with Crippen LogP contribution in [-0.4, -0.2) is 118 Å². The van der Waals surface area contributed by atoms with E-state index in [0.717, 1.165) is 19.3 Å². The van der Waals surface area contributed by atoms with Crippen LogP contribution in [-0.2, 0) is 33.5 Å². The van der Waals surface area contributed by atoms with Gasteiger partial charge in [0.1, 0.15) is 37.0 Å². The van der Waals surface area contributed by atoms with E-state index in [2.05, 4.69) is 40.0 Å². The number of esters is 1. The summed E-state index contributed by atoms with van der Waals surface area (Å²) in [6.07, 6.45) is 7.27. The molecule has 0 aliphatic carbocycles. The van der Waals surface area contributed by atoms with Crippen LogP contribution in [0.4, 0.5) is 10.8 Å². The summed E-state index contributed by atoms with van der Waals surface area (Å²) >= 11 is 0. The second-order valence-corrected chi connectivity index (χ2v) is 12.9. The minimum Gasteiger partial charge on any atom is -0.464 e. The van der Waals surface area contributed by atoms with Crippen LogP contribution in [0, 0.1) is 6.92 Å². The van der Waals surface area contributed by atoms with Crippen molar-refractivity contribution in [1.29, 1.82) is 0 Å². The number of anilines is 1. The fourth-order valence-electron chi connectivity index (χ4n) is 6.48. The van der Waals surface area contributed by atoms with Crippen molar-refractivity contribution < 1.29 is 42.7 Å². The number of carbonyl (C=O) groups is 7. The highest BCUT2D eigenvalue weighted by atomic mass is 16.5. The summed E-state index contributed by atoms with van der Waals surface area (Å²) in [5, 5.41) is 7.21. The maximum Gasteiger partial charge on any atom is 0.328 e. The van der Waals surface area contributed by atoms with Crippen LogP contribution in [0.2, 0.25) is 0 Å². The lowest BCUT2D eigenvalue weighted by molar-refractivity contribution is -0.156. The molecule has 0 radical (unpaired) electrons. The number of cyclic esters (lactones) is 1. The van der Waals surface area contributed by atoms with Gasteiger partial charge in [0.2, 0.25) is 29.5 Å². The molecule has 0 bridgehead atoms. The van der Waals surface area contributed by atoms with Crippen LogP contribution in [0.25, 0.3) is 0 Å². The summed E-state index contributed by atoms with van der Waals surface area (Å²) in [6, 6.07) is 6.96. The molecule has 1 aromatic heterocycles. The van der Waals surface area contributed by atoms with Crippen molar-refractivity contribution in [3.05, 3.63) is 48.4 Å². The van der Waals surface area contributed by atoms with Crippen molar-refractivity contribution in [1.82, 2.24) is 30.3 Å². The maximum absolute atomic E-state index is 13.4. The third kappa shape index (κ3) is 11.0. The molecular formula is C35H48N8O9. The Morgan fingerprint density at radius 1 is 0.885 bits per heavy atom. The van der Waals surface area contributed by atoms with Crippen molar-refractivity contribution in [3.8, 4) is 0 Å². The van der Waals surface area contributed by atoms with Crippen molar-refractivity contribution >= 4 is 47.6 Å². The molecule has 5 heterocycles. The van der Waals surface area contributed by atoms with Crippen LogP contribution in [0.5, 0.6) is 0 Å². The number of aryl methyl sites for hydroxylation is 1. The van der Waals surface area contributed by atoms with Gasteiger partial charge in [0, 0.05) is 19.6 Å². The molecule has 4 aliphatic heterocycles. The lowest BCUT2D eigenvalue weighted by atomic mass is 9.99. The molecule has 2 aromatic rings. The van der Waals surface area contributed by atoms with Crippen molar-refractivity contribution in [2.45, 2.75) is 89.4 Å². The number of hydrogen-bond acceptors (Lipinski definition) is 10. The highest BCUT2D eigenvalue weighted by Gasteiger charge is 2.43. The van der Waals surface area contributed by atoms with Gasteiger partial charge < -0.3 is 40.2 Å². The number of ether oxygens (including phenoxy) is 1. The zero-order chi connectivity index (χ0) is 37.6. The highest BCUT2D eigenvalue weighted by Crippen LogP contribution is 2.26. The van der Waals surface area contributed by atoms with Crippen LogP contribution < -0.4 is 21.7 Å². The SMILES string of the molecule is CC1NC(=O)C2CCCCN2C(=O)C2CCCN2C(=O)CCOC(=O)C2CCCN2C1=O.Cc1ccccc1.NC(=O)CNC(=O)Nc1ncco1. The van der Waals surface area contributed by atoms with Crippen molar-refractivity contribution in [3.63, 3.8) is 0 Å². The van der Waals surface area contributed by atoms with Gasteiger partial charge in [0.25, 0.3) is 0 Å². The molecular weight excluding hydrogens is 676 g/mol. The Morgan fingerprint density at radius 3 is 2.19 bits per heavy atom. The molecule has 6 rings (SSSR count). The summed E-state index contributed by atoms with van der Waals surface area (Å²) in [4.78, 5) is 94.3. The number of nitrogens with two attached hydrogens (primary N) is 1. The number of benzene rings is 1. The van der Waals surface area contributed by atoms with Gasteiger partial charge >= 0.3 is 18.0 Å². The molecule has 4 unspecified atom stereocenters. The predicted molar refractivity (Wildman–Crippen MR) is 186 cm³/mol. The Hall–Kier alpha value is -5.48. The van der Waals surface area contributed by atoms with Crippen molar-refractivity contribution in [2.24, 2.45) is 5.73 Å². The van der Waals surface area contributed by atoms with E-state index < -0.39 is 42.1 Å². The molecule has 282 valence electrons. The van der Waals surface area contributed by atoms with Gasteiger partial charge in [-0.05, 0) is 58.8 Å². The Kier molecular flexibility index (Phi) is 14.5. The molecule has 4 atom stereocenters. The smallest absolute Gasteiger partial charge is 0.328 e. The van der Waals surface area contributed by atoms with E-state index in [1.807, 2.05) is 18.2 Å². The Morgan fingerprint density at radius 2 is 1.54 bits per heavy atom. The van der Waals surface area contributed by atoms with E-state index in [9.17, 15) is 33.6 Å². The summed E-state index contributed by atoms with van der Waals surface area (Å²) in [5.74, 6) is -2.29. The molecule has 17 nitrogen and oxygen atoms in total. The molecule has 4 aliphatic rings. The first-order valence-electron chi connectivity index (χ1n) is 17.6. The van der Waals surface area contributed by atoms with Gasteiger partial charge in [-0.3, -0.25) is 29.3 Å². The van der Waals surface area contributed by atoms with E-state index in [4.69, 9.17) is 14.9 Å². The first-order valence-corrected chi connectivity index (χ1v) is 17.6. The lowest BCUT2D eigenvalue weighted by Gasteiger charge is -2.38. The van der Waals surface area contributed by atoms with Gasteiger partial charge in [0.05, 0.1) is 19.2 Å². The molecule has 0 saturated carbocycles. The summed E-state index contributed by atoms with van der Waals surface area (Å²) in [5.41, 5.74) is 6.12. The second kappa shape index (κ2) is 19.2. The number of oxazole rings is 1. The van der Waals surface area contributed by atoms with Gasteiger partial charge in [-0.2, -0.15) is 0 Å². The topological polar surface area (TPSA) is 227 Å². The van der Waals surface area contributed by atoms with E-state index >= 15 is 0 Å². The molecule has 17 heteroatoms. The monoisotopic (exact) mass is 724 g/mol. The number of primary amides is 1. The quantitative estimate of drug-likeness (QED) is 0.330. The lowest BCUT2D eigenvalue weighted by Crippen LogP contribution is -2.59. The second-order valence-electron chi connectivity index (χ2n) is 12.9. The molecule has 4 fully saturated rings. The first kappa shape index (κ1) is 39.3. The minimum absolute atomic E-state index is 0.00347. The number of aromatic nitrogens is 1. The Balaban J connectivity index is 0.000000246. The number of amides is 7. The highest BCUT2D eigenvalue weighted by molar-refractivity contribution is 5.95. The molecule has 4 saturated heterocycles. The van der Waals surface area contributed by atoms with Gasteiger partial charge in [-0.15, -0.1) is 0 Å². The number of urea groups is 1. The molecule has 5 N–H and O–H groups in total. The molecule has 1 aromatic carbocycles. The van der Waals surface area contributed by atoms with Crippen LogP contribution in [0.3, 0.4) is 0 Å². The van der Waals surface area contributed by atoms with E-state index in [1.165, 1.54) is 22.9 Å². The average Bonchev–Trinajstić information content (AvgIpc) is 3.94. The zero-order valence-corrected chi connectivity index (χ0v) is 29.6. The van der Waals surface area contributed by atoms with Crippen LogP contribution in [0.1, 0.15) is 63.9 Å². The molecule has 7 amide bonds. The summed E-state index contributed by atoms with van der Waals surface area (Å²) in [7, 11) is 0. The fraction of sp³-hybridized carbons (Fsp3) is 0.543. The summed E-state index contributed by atoms with van der Waals surface area (Å²) in [6.45, 7) is 4.75. The standard InChI is InChI=1S/C22H32N4O6.C7H8.C6H8N4O3/c1-14-20(29)26-12-5-8-17(26)22(31)32-13-9-18(27)24-11-4-7-16(24)21(30)25-10-3-2-6-15(25)19(28)23-14;1-7-5-3-2-4-6-7;7-4(11)3-9-5(12)10-6-8-1-2-13-6/h14-17H,2-13H2,1H3,(H,23,28);2-6H,1H3;1-2H,3H2,(H2,7,11)(H2,8,9,10,12). The third-order valence-electron chi connectivity index (χ3n) is 9.06. The normalized spacial score (nSPS) is 23.7. The number of fused-ring (bicyclic) bond motifs is 3. The van der Waals surface area contributed by atoms with Gasteiger partial charge in [-0.1, -0.05) is 35.9 Å². The fourth-order valence-corrected chi connectivity index (χ4v) is 6.48. The third-order valence-corrected chi connectivity index (χ3v) is 9.06. The predicted octanol–water partition coefficient (Wildman–Crippen LogP) is 1.08.